The van der Waals surface area contributed by atoms with Crippen molar-refractivity contribution in [2.24, 2.45) is 0 Å². The monoisotopic (exact) mass is 303 g/mol. The van der Waals surface area contributed by atoms with Crippen molar-refractivity contribution in [1.29, 1.82) is 0 Å². The quantitative estimate of drug-likeness (QED) is 0.881. The SMILES string of the molecule is CC(=O)c1ccc(S(=O)(=O)Nc2ccc(C)c(C)c2)cc1. The molecule has 0 unspecified atom stereocenters. The molecule has 4 nitrogen and oxygen atoms in total. The molecule has 5 heteroatoms. The van der Waals surface area contributed by atoms with Crippen LogP contribution in [0.2, 0.25) is 0 Å². The summed E-state index contributed by atoms with van der Waals surface area (Å²) in [4.78, 5) is 11.3. The molecule has 2 aromatic rings. The van der Waals surface area contributed by atoms with Gasteiger partial charge >= 0.3 is 0 Å². The van der Waals surface area contributed by atoms with Gasteiger partial charge in [0.15, 0.2) is 5.78 Å². The first kappa shape index (κ1) is 15.3. The molecule has 21 heavy (non-hydrogen) atoms. The molecule has 0 amide bonds. The van der Waals surface area contributed by atoms with E-state index in [1.807, 2.05) is 19.9 Å². The number of aryl methyl sites for hydroxylation is 2. The summed E-state index contributed by atoms with van der Waals surface area (Å²) in [5, 5.41) is 0. The molecular weight excluding hydrogens is 286 g/mol. The van der Waals surface area contributed by atoms with E-state index in [0.717, 1.165) is 11.1 Å². The Bertz CT molecular complexity index is 778. The van der Waals surface area contributed by atoms with Crippen LogP contribution in [-0.4, -0.2) is 14.2 Å². The minimum atomic E-state index is -3.65. The number of benzene rings is 2. The van der Waals surface area contributed by atoms with Gasteiger partial charge in [0.25, 0.3) is 10.0 Å². The molecule has 0 aliphatic heterocycles. The van der Waals surface area contributed by atoms with Gasteiger partial charge in [0.05, 0.1) is 4.90 Å². The number of hydrogen-bond acceptors (Lipinski definition) is 3. The maximum atomic E-state index is 12.3. The molecule has 0 aliphatic rings. The Labute approximate surface area is 124 Å². The normalized spacial score (nSPS) is 11.2. The summed E-state index contributed by atoms with van der Waals surface area (Å²) in [6.45, 7) is 5.33. The van der Waals surface area contributed by atoms with E-state index in [-0.39, 0.29) is 10.7 Å². The minimum absolute atomic E-state index is 0.0962. The lowest BCUT2D eigenvalue weighted by molar-refractivity contribution is 0.101. The Balaban J connectivity index is 2.29. The lowest BCUT2D eigenvalue weighted by atomic mass is 10.1. The van der Waals surface area contributed by atoms with E-state index >= 15 is 0 Å². The second-order valence-corrected chi connectivity index (χ2v) is 6.67. The third-order valence-electron chi connectivity index (χ3n) is 3.33. The van der Waals surface area contributed by atoms with E-state index in [1.165, 1.54) is 31.2 Å². The molecule has 0 atom stereocenters. The Morgan fingerprint density at radius 3 is 2.10 bits per heavy atom. The number of carbonyl (C=O) groups is 1. The molecule has 0 aliphatic carbocycles. The van der Waals surface area contributed by atoms with E-state index in [2.05, 4.69) is 4.72 Å². The van der Waals surface area contributed by atoms with Crippen LogP contribution in [0.25, 0.3) is 0 Å². The van der Waals surface area contributed by atoms with Crippen molar-refractivity contribution in [3.8, 4) is 0 Å². The predicted octanol–water partition coefficient (Wildman–Crippen LogP) is 3.31. The summed E-state index contributed by atoms with van der Waals surface area (Å²) >= 11 is 0. The average Bonchev–Trinajstić information content (AvgIpc) is 2.43. The van der Waals surface area contributed by atoms with Gasteiger partial charge in [-0.3, -0.25) is 9.52 Å². The molecule has 0 heterocycles. The van der Waals surface area contributed by atoms with Crippen molar-refractivity contribution < 1.29 is 13.2 Å². The highest BCUT2D eigenvalue weighted by Gasteiger charge is 2.14. The zero-order valence-electron chi connectivity index (χ0n) is 12.2. The van der Waals surface area contributed by atoms with Crippen molar-refractivity contribution in [3.63, 3.8) is 0 Å². The summed E-state index contributed by atoms with van der Waals surface area (Å²) in [5.41, 5.74) is 3.12. The van der Waals surface area contributed by atoms with Crippen molar-refractivity contribution in [2.75, 3.05) is 4.72 Å². The van der Waals surface area contributed by atoms with Crippen LogP contribution in [0, 0.1) is 13.8 Å². The molecule has 2 rings (SSSR count). The molecule has 0 bridgehead atoms. The van der Waals surface area contributed by atoms with Crippen LogP contribution in [0.3, 0.4) is 0 Å². The fraction of sp³-hybridized carbons (Fsp3) is 0.188. The predicted molar refractivity (Wildman–Crippen MR) is 83.2 cm³/mol. The zero-order chi connectivity index (χ0) is 15.6. The summed E-state index contributed by atoms with van der Waals surface area (Å²) in [7, 11) is -3.65. The summed E-state index contributed by atoms with van der Waals surface area (Å²) < 4.78 is 27.1. The van der Waals surface area contributed by atoms with Gasteiger partial charge < -0.3 is 0 Å². The van der Waals surface area contributed by atoms with Crippen molar-refractivity contribution >= 4 is 21.5 Å². The molecule has 0 radical (unpaired) electrons. The standard InChI is InChI=1S/C16H17NO3S/c1-11-4-7-15(10-12(11)2)17-21(19,20)16-8-5-14(6-9-16)13(3)18/h4-10,17H,1-3H3. The molecule has 1 N–H and O–H groups in total. The fourth-order valence-corrected chi connectivity index (χ4v) is 2.94. The first-order chi connectivity index (χ1) is 9.79. The Morgan fingerprint density at radius 1 is 0.952 bits per heavy atom. The summed E-state index contributed by atoms with van der Waals surface area (Å²) in [5.74, 6) is -0.0962. The maximum absolute atomic E-state index is 12.3. The first-order valence-electron chi connectivity index (χ1n) is 6.51. The number of Topliss-reactive ketones (excluding diaryl/α,β-unsaturated/α-hetero) is 1. The van der Waals surface area contributed by atoms with Crippen LogP contribution in [0.5, 0.6) is 0 Å². The van der Waals surface area contributed by atoms with Crippen LogP contribution in [0.1, 0.15) is 28.4 Å². The minimum Gasteiger partial charge on any atom is -0.295 e. The number of anilines is 1. The summed E-state index contributed by atoms with van der Waals surface area (Å²) in [6.07, 6.45) is 0. The molecule has 0 saturated carbocycles. The topological polar surface area (TPSA) is 63.2 Å². The number of carbonyl (C=O) groups excluding carboxylic acids is 1. The smallest absolute Gasteiger partial charge is 0.261 e. The van der Waals surface area contributed by atoms with Gasteiger partial charge in [-0.2, -0.15) is 0 Å². The molecule has 0 aromatic heterocycles. The average molecular weight is 303 g/mol. The number of rotatable bonds is 4. The van der Waals surface area contributed by atoms with Gasteiger partial charge in [0.1, 0.15) is 0 Å². The first-order valence-corrected chi connectivity index (χ1v) is 7.99. The lowest BCUT2D eigenvalue weighted by Gasteiger charge is -2.10. The highest BCUT2D eigenvalue weighted by Crippen LogP contribution is 2.19. The number of nitrogens with one attached hydrogen (secondary N) is 1. The summed E-state index contributed by atoms with van der Waals surface area (Å²) in [6, 6.07) is 11.3. The van der Waals surface area contributed by atoms with Crippen LogP contribution in [0.4, 0.5) is 5.69 Å². The van der Waals surface area contributed by atoms with Gasteiger partial charge in [0.2, 0.25) is 0 Å². The van der Waals surface area contributed by atoms with Crippen LogP contribution >= 0.6 is 0 Å². The van der Waals surface area contributed by atoms with Crippen molar-refractivity contribution in [1.82, 2.24) is 0 Å². The van der Waals surface area contributed by atoms with Crippen LogP contribution in [0.15, 0.2) is 47.4 Å². The molecule has 0 saturated heterocycles. The van der Waals surface area contributed by atoms with Crippen LogP contribution in [-0.2, 0) is 10.0 Å². The second kappa shape index (κ2) is 5.69. The molecule has 0 fully saturated rings. The van der Waals surface area contributed by atoms with E-state index in [0.29, 0.717) is 11.3 Å². The molecule has 110 valence electrons. The van der Waals surface area contributed by atoms with Crippen molar-refractivity contribution in [2.45, 2.75) is 25.7 Å². The zero-order valence-corrected chi connectivity index (χ0v) is 13.0. The van der Waals surface area contributed by atoms with Crippen LogP contribution < -0.4 is 4.72 Å². The van der Waals surface area contributed by atoms with E-state index < -0.39 is 10.0 Å². The Kier molecular flexibility index (Phi) is 4.14. The maximum Gasteiger partial charge on any atom is 0.261 e. The lowest BCUT2D eigenvalue weighted by Crippen LogP contribution is -2.13. The third kappa shape index (κ3) is 3.49. The van der Waals surface area contributed by atoms with Gasteiger partial charge in [-0.15, -0.1) is 0 Å². The molecular formula is C16H17NO3S. The number of hydrogen-bond donors (Lipinski definition) is 1. The van der Waals surface area contributed by atoms with Gasteiger partial charge in [-0.25, -0.2) is 8.42 Å². The van der Waals surface area contributed by atoms with E-state index in [1.54, 1.807) is 12.1 Å². The van der Waals surface area contributed by atoms with E-state index in [4.69, 9.17) is 0 Å². The van der Waals surface area contributed by atoms with Gasteiger partial charge in [0, 0.05) is 11.3 Å². The largest absolute Gasteiger partial charge is 0.295 e. The highest BCUT2D eigenvalue weighted by molar-refractivity contribution is 7.92. The van der Waals surface area contributed by atoms with Gasteiger partial charge in [-0.05, 0) is 56.2 Å². The van der Waals surface area contributed by atoms with Crippen molar-refractivity contribution in [3.05, 3.63) is 59.2 Å². The molecule has 0 spiro atoms. The number of ketones is 1. The van der Waals surface area contributed by atoms with Gasteiger partial charge in [-0.1, -0.05) is 18.2 Å². The fourth-order valence-electron chi connectivity index (χ4n) is 1.89. The Hall–Kier alpha value is -2.14. The molecule has 2 aromatic carbocycles. The Morgan fingerprint density at radius 2 is 1.57 bits per heavy atom. The highest BCUT2D eigenvalue weighted by atomic mass is 32.2. The van der Waals surface area contributed by atoms with E-state index in [9.17, 15) is 13.2 Å². The third-order valence-corrected chi connectivity index (χ3v) is 4.73. The second-order valence-electron chi connectivity index (χ2n) is 4.99. The number of sulfonamides is 1.